The molecular weight excluding hydrogens is 361 g/mol. The van der Waals surface area contributed by atoms with Gasteiger partial charge in [0, 0.05) is 11.1 Å². The Hall–Kier alpha value is -2.35. The van der Waals surface area contributed by atoms with Gasteiger partial charge in [0.25, 0.3) is 5.91 Å². The monoisotopic (exact) mass is 384 g/mol. The number of methoxy groups -OCH3 is 1. The lowest BCUT2D eigenvalue weighted by molar-refractivity contribution is -0.183. The zero-order valence-electron chi connectivity index (χ0n) is 15.1. The SMILES string of the molecule is C=C(CO)C(=O)Nc1cnc(OC)c(/C=C/[C@H]2CC[C@H](C(F)(F)F)CC2)c1. The summed E-state index contributed by atoms with van der Waals surface area (Å²) < 4.78 is 43.4. The number of carbonyl (C=O) groups excluding carboxylic acids is 1. The number of ether oxygens (including phenoxy) is 1. The Morgan fingerprint density at radius 3 is 2.63 bits per heavy atom. The van der Waals surface area contributed by atoms with Crippen LogP contribution in [0.3, 0.4) is 0 Å². The molecule has 1 amide bonds. The van der Waals surface area contributed by atoms with Crippen molar-refractivity contribution in [1.29, 1.82) is 0 Å². The highest BCUT2D eigenvalue weighted by Gasteiger charge is 2.40. The van der Waals surface area contributed by atoms with E-state index in [9.17, 15) is 18.0 Å². The van der Waals surface area contributed by atoms with Gasteiger partial charge in [0.2, 0.25) is 5.88 Å². The lowest BCUT2D eigenvalue weighted by Crippen LogP contribution is -2.27. The van der Waals surface area contributed by atoms with E-state index < -0.39 is 24.6 Å². The second-order valence-electron chi connectivity index (χ2n) is 6.55. The molecule has 0 unspecified atom stereocenters. The van der Waals surface area contributed by atoms with Gasteiger partial charge in [-0.05, 0) is 37.7 Å². The first-order valence-electron chi connectivity index (χ1n) is 8.63. The van der Waals surface area contributed by atoms with Gasteiger partial charge >= 0.3 is 6.18 Å². The minimum absolute atomic E-state index is 0.0179. The minimum atomic E-state index is -4.12. The number of allylic oxidation sites excluding steroid dienone is 1. The first kappa shape index (κ1) is 21.0. The van der Waals surface area contributed by atoms with E-state index in [1.807, 2.05) is 6.08 Å². The van der Waals surface area contributed by atoms with E-state index in [0.29, 0.717) is 30.0 Å². The predicted molar refractivity (Wildman–Crippen MR) is 96.2 cm³/mol. The van der Waals surface area contributed by atoms with Crippen molar-refractivity contribution in [1.82, 2.24) is 4.98 Å². The molecule has 1 saturated carbocycles. The Morgan fingerprint density at radius 1 is 1.41 bits per heavy atom. The Labute approximate surface area is 155 Å². The Bertz CT molecular complexity index is 709. The maximum atomic E-state index is 12.7. The lowest BCUT2D eigenvalue weighted by atomic mass is 9.81. The molecule has 27 heavy (non-hydrogen) atoms. The highest BCUT2D eigenvalue weighted by Crippen LogP contribution is 2.40. The number of aliphatic hydroxyl groups excluding tert-OH is 1. The van der Waals surface area contributed by atoms with Gasteiger partial charge in [-0.3, -0.25) is 4.79 Å². The standard InChI is InChI=1S/C19H23F3N2O3/c1-12(11-25)17(26)24-16-9-14(18(27-2)23-10-16)6-3-13-4-7-15(8-5-13)19(20,21)22/h3,6,9-10,13,15,25H,1,4-5,7-8,11H2,2H3,(H,24,26)/b6-3+/t13-,15-. The Kier molecular flexibility index (Phi) is 7.01. The molecule has 1 aliphatic carbocycles. The summed E-state index contributed by atoms with van der Waals surface area (Å²) in [5.74, 6) is -1.34. The number of aromatic nitrogens is 1. The number of pyridine rings is 1. The van der Waals surface area contributed by atoms with Gasteiger partial charge in [-0.25, -0.2) is 4.98 Å². The number of amides is 1. The third kappa shape index (κ3) is 5.82. The molecule has 1 heterocycles. The van der Waals surface area contributed by atoms with Crippen LogP contribution in [0.25, 0.3) is 6.08 Å². The highest BCUT2D eigenvalue weighted by molar-refractivity contribution is 6.03. The summed E-state index contributed by atoms with van der Waals surface area (Å²) in [5.41, 5.74) is 1.02. The van der Waals surface area contributed by atoms with E-state index in [1.165, 1.54) is 13.3 Å². The van der Waals surface area contributed by atoms with Crippen molar-refractivity contribution in [2.45, 2.75) is 31.9 Å². The number of anilines is 1. The topological polar surface area (TPSA) is 71.5 Å². The van der Waals surface area contributed by atoms with Crippen LogP contribution in [0.2, 0.25) is 0 Å². The molecule has 2 rings (SSSR count). The Morgan fingerprint density at radius 2 is 2.07 bits per heavy atom. The molecule has 0 aliphatic heterocycles. The smallest absolute Gasteiger partial charge is 0.391 e. The summed E-state index contributed by atoms with van der Waals surface area (Å²) in [6.07, 6.45) is 2.12. The van der Waals surface area contributed by atoms with Crippen LogP contribution in [0.5, 0.6) is 5.88 Å². The summed E-state index contributed by atoms with van der Waals surface area (Å²) in [7, 11) is 1.46. The fourth-order valence-corrected chi connectivity index (χ4v) is 3.00. The summed E-state index contributed by atoms with van der Waals surface area (Å²) in [4.78, 5) is 15.9. The predicted octanol–water partition coefficient (Wildman–Crippen LogP) is 3.96. The zero-order chi connectivity index (χ0) is 20.0. The van der Waals surface area contributed by atoms with Crippen molar-refractivity contribution in [2.75, 3.05) is 19.0 Å². The van der Waals surface area contributed by atoms with Crippen LogP contribution in [0.4, 0.5) is 18.9 Å². The number of hydrogen-bond acceptors (Lipinski definition) is 4. The molecular formula is C19H23F3N2O3. The van der Waals surface area contributed by atoms with Crippen LogP contribution in [-0.2, 0) is 4.79 Å². The normalized spacial score (nSPS) is 20.5. The van der Waals surface area contributed by atoms with Crippen molar-refractivity contribution < 1.29 is 27.8 Å². The molecule has 2 N–H and O–H groups in total. The maximum absolute atomic E-state index is 12.7. The van der Waals surface area contributed by atoms with Crippen LogP contribution in [0.1, 0.15) is 31.2 Å². The zero-order valence-corrected chi connectivity index (χ0v) is 15.1. The average Bonchev–Trinajstić information content (AvgIpc) is 2.65. The van der Waals surface area contributed by atoms with Gasteiger partial charge in [-0.1, -0.05) is 18.7 Å². The minimum Gasteiger partial charge on any atom is -0.481 e. The van der Waals surface area contributed by atoms with Gasteiger partial charge in [0.15, 0.2) is 0 Å². The molecule has 0 atom stereocenters. The van der Waals surface area contributed by atoms with Crippen LogP contribution in [0, 0.1) is 11.8 Å². The second kappa shape index (κ2) is 9.03. The number of nitrogens with one attached hydrogen (secondary N) is 1. The molecule has 0 saturated heterocycles. The third-order valence-electron chi connectivity index (χ3n) is 4.62. The third-order valence-corrected chi connectivity index (χ3v) is 4.62. The fourth-order valence-electron chi connectivity index (χ4n) is 3.00. The van der Waals surface area contributed by atoms with Gasteiger partial charge in [0.1, 0.15) is 0 Å². The van der Waals surface area contributed by atoms with Gasteiger partial charge < -0.3 is 15.2 Å². The van der Waals surface area contributed by atoms with E-state index >= 15 is 0 Å². The van der Waals surface area contributed by atoms with Crippen LogP contribution in [-0.4, -0.2) is 35.9 Å². The van der Waals surface area contributed by atoms with Gasteiger partial charge in [-0.15, -0.1) is 0 Å². The van der Waals surface area contributed by atoms with Crippen LogP contribution in [0.15, 0.2) is 30.5 Å². The fraction of sp³-hybridized carbons (Fsp3) is 0.474. The molecule has 148 valence electrons. The summed E-state index contributed by atoms with van der Waals surface area (Å²) >= 11 is 0. The lowest BCUT2D eigenvalue weighted by Gasteiger charge is -2.28. The maximum Gasteiger partial charge on any atom is 0.391 e. The van der Waals surface area contributed by atoms with Gasteiger partial charge in [-0.2, -0.15) is 13.2 Å². The number of alkyl halides is 3. The van der Waals surface area contributed by atoms with E-state index in [0.717, 1.165) is 0 Å². The van der Waals surface area contributed by atoms with E-state index in [-0.39, 0.29) is 24.3 Å². The molecule has 0 aromatic carbocycles. The summed E-state index contributed by atoms with van der Waals surface area (Å²) in [6.45, 7) is 2.99. The van der Waals surface area contributed by atoms with Crippen molar-refractivity contribution in [3.8, 4) is 5.88 Å². The van der Waals surface area contributed by atoms with E-state index in [2.05, 4.69) is 16.9 Å². The summed E-state index contributed by atoms with van der Waals surface area (Å²) in [6, 6.07) is 1.65. The highest BCUT2D eigenvalue weighted by atomic mass is 19.4. The molecule has 0 radical (unpaired) electrons. The number of halogens is 3. The summed E-state index contributed by atoms with van der Waals surface area (Å²) in [5, 5.41) is 11.5. The molecule has 8 heteroatoms. The average molecular weight is 384 g/mol. The number of aliphatic hydroxyl groups is 1. The van der Waals surface area contributed by atoms with Crippen molar-refractivity contribution in [2.24, 2.45) is 11.8 Å². The van der Waals surface area contributed by atoms with E-state index in [4.69, 9.17) is 9.84 Å². The molecule has 5 nitrogen and oxygen atoms in total. The molecule has 1 aromatic heterocycles. The van der Waals surface area contributed by atoms with Crippen molar-refractivity contribution in [3.63, 3.8) is 0 Å². The van der Waals surface area contributed by atoms with Gasteiger partial charge in [0.05, 0.1) is 31.5 Å². The first-order chi connectivity index (χ1) is 12.7. The van der Waals surface area contributed by atoms with Crippen LogP contribution >= 0.6 is 0 Å². The van der Waals surface area contributed by atoms with Crippen molar-refractivity contribution >= 4 is 17.7 Å². The second-order valence-corrected chi connectivity index (χ2v) is 6.55. The number of carbonyl (C=O) groups is 1. The number of hydrogen-bond donors (Lipinski definition) is 2. The molecule has 1 fully saturated rings. The Balaban J connectivity index is 2.06. The largest absolute Gasteiger partial charge is 0.481 e. The first-order valence-corrected chi connectivity index (χ1v) is 8.63. The molecule has 0 spiro atoms. The molecule has 1 aliphatic rings. The quantitative estimate of drug-likeness (QED) is 0.729. The van der Waals surface area contributed by atoms with Crippen LogP contribution < -0.4 is 10.1 Å². The van der Waals surface area contributed by atoms with Crippen molar-refractivity contribution in [3.05, 3.63) is 36.1 Å². The number of nitrogens with zero attached hydrogens (tertiary/aromatic N) is 1. The molecule has 0 bridgehead atoms. The molecule has 1 aromatic rings. The van der Waals surface area contributed by atoms with E-state index in [1.54, 1.807) is 12.1 Å². The number of rotatable bonds is 6.